The molecule has 1 aliphatic carbocycles. The number of methoxy groups -OCH3 is 2. The van der Waals surface area contributed by atoms with Crippen molar-refractivity contribution >= 4 is 18.2 Å². The van der Waals surface area contributed by atoms with Gasteiger partial charge in [-0.3, -0.25) is 4.79 Å². The fourth-order valence-electron chi connectivity index (χ4n) is 7.54. The lowest BCUT2D eigenvalue weighted by molar-refractivity contribution is -0.364. The standard InChI is InChI=1S/C40H54N2O16/c1-19(13-27(49-10)33(20(2)48-9)57-38(46)41(7)11-12-42(8)39(47)58-40(4,5)6)29-22-14-25-26(53-18-52-25)15-23(22)34(24-16-51-36(45)30(24)29)56-37-32(44)31(43)35-28(55-37)17-50-21(3)54-35/h13-15,21,24,28-32,34-35,37,43-44H,1,11-12,16-18H2,2-10H3/b27-13+,33-20-/t21-,24+,28-,29-,30+,31-,32-,34-,35-,37+/m1/s1. The summed E-state index contributed by atoms with van der Waals surface area (Å²) in [5, 5.41) is 22.3. The number of amides is 2. The van der Waals surface area contributed by atoms with Crippen molar-refractivity contribution in [1.82, 2.24) is 9.80 Å². The number of carbonyl (C=O) groups excluding carboxylic acids is 3. The number of allylic oxidation sites excluding steroid dienone is 3. The highest BCUT2D eigenvalue weighted by molar-refractivity contribution is 5.79. The average Bonchev–Trinajstić information content (AvgIpc) is 3.81. The summed E-state index contributed by atoms with van der Waals surface area (Å²) in [7, 11) is 5.87. The van der Waals surface area contributed by atoms with Gasteiger partial charge < -0.3 is 72.1 Å². The number of cyclic esters (lactones) is 1. The fourth-order valence-corrected chi connectivity index (χ4v) is 7.54. The summed E-state index contributed by atoms with van der Waals surface area (Å²) in [5.74, 6) is -1.65. The highest BCUT2D eigenvalue weighted by atomic mass is 16.8. The number of benzene rings is 1. The van der Waals surface area contributed by atoms with Crippen molar-refractivity contribution in [3.63, 3.8) is 0 Å². The number of ether oxygens (including phenoxy) is 11. The van der Waals surface area contributed by atoms with E-state index in [9.17, 15) is 24.6 Å². The van der Waals surface area contributed by atoms with Crippen molar-refractivity contribution in [2.75, 3.05) is 61.4 Å². The van der Waals surface area contributed by atoms with Crippen LogP contribution >= 0.6 is 0 Å². The first-order valence-corrected chi connectivity index (χ1v) is 19.0. The summed E-state index contributed by atoms with van der Waals surface area (Å²) in [6.07, 6.45) is -6.97. The molecule has 320 valence electrons. The number of rotatable bonds is 11. The number of carbonyl (C=O) groups is 3. The van der Waals surface area contributed by atoms with Crippen LogP contribution in [0.1, 0.15) is 57.8 Å². The average molecular weight is 819 g/mol. The quantitative estimate of drug-likeness (QED) is 0.142. The molecular weight excluding hydrogens is 764 g/mol. The summed E-state index contributed by atoms with van der Waals surface area (Å²) in [6, 6.07) is 3.50. The van der Waals surface area contributed by atoms with Crippen molar-refractivity contribution in [1.29, 1.82) is 0 Å². The van der Waals surface area contributed by atoms with Crippen molar-refractivity contribution in [3.8, 4) is 11.5 Å². The minimum Gasteiger partial charge on any atom is -0.497 e. The number of hydrogen-bond acceptors (Lipinski definition) is 16. The molecule has 5 aliphatic rings. The number of nitrogens with zero attached hydrogens (tertiary/aromatic N) is 2. The molecule has 0 saturated carbocycles. The molecule has 0 spiro atoms. The van der Waals surface area contributed by atoms with E-state index in [1.54, 1.807) is 59.9 Å². The molecule has 0 unspecified atom stereocenters. The maximum Gasteiger partial charge on any atom is 0.415 e. The number of esters is 1. The van der Waals surface area contributed by atoms with Crippen LogP contribution in [0.2, 0.25) is 0 Å². The molecule has 0 aromatic heterocycles. The van der Waals surface area contributed by atoms with E-state index in [2.05, 4.69) is 6.58 Å². The van der Waals surface area contributed by atoms with Crippen molar-refractivity contribution in [2.45, 2.75) is 89.2 Å². The summed E-state index contributed by atoms with van der Waals surface area (Å²) in [6.45, 7) is 13.2. The normalized spacial score (nSPS) is 30.5. The van der Waals surface area contributed by atoms with Crippen LogP contribution < -0.4 is 9.47 Å². The molecule has 1 aromatic rings. The van der Waals surface area contributed by atoms with Gasteiger partial charge in [-0.2, -0.15) is 0 Å². The molecule has 4 aliphatic heterocycles. The van der Waals surface area contributed by atoms with Gasteiger partial charge in [0.2, 0.25) is 12.6 Å². The first-order chi connectivity index (χ1) is 27.4. The topological polar surface area (TPSA) is 200 Å². The van der Waals surface area contributed by atoms with Gasteiger partial charge in [-0.15, -0.1) is 0 Å². The van der Waals surface area contributed by atoms with E-state index in [1.165, 1.54) is 31.1 Å². The Bertz CT molecular complexity index is 1800. The first kappa shape index (κ1) is 43.0. The van der Waals surface area contributed by atoms with Crippen LogP contribution in [0.5, 0.6) is 11.5 Å². The van der Waals surface area contributed by atoms with Crippen LogP contribution in [-0.2, 0) is 47.4 Å². The van der Waals surface area contributed by atoms with E-state index in [1.807, 2.05) is 0 Å². The highest BCUT2D eigenvalue weighted by Gasteiger charge is 2.56. The van der Waals surface area contributed by atoms with Crippen LogP contribution in [0.3, 0.4) is 0 Å². The van der Waals surface area contributed by atoms with E-state index in [0.717, 1.165) is 0 Å². The fraction of sp³-hybridized carbons (Fsp3) is 0.625. The molecule has 10 atom stereocenters. The third-order valence-corrected chi connectivity index (χ3v) is 10.6. The lowest BCUT2D eigenvalue weighted by Crippen LogP contribution is -2.63. The largest absolute Gasteiger partial charge is 0.497 e. The third kappa shape index (κ3) is 8.86. The molecule has 58 heavy (non-hydrogen) atoms. The smallest absolute Gasteiger partial charge is 0.415 e. The summed E-state index contributed by atoms with van der Waals surface area (Å²) >= 11 is 0. The van der Waals surface area contributed by atoms with E-state index in [0.29, 0.717) is 28.2 Å². The molecule has 0 bridgehead atoms. The van der Waals surface area contributed by atoms with Crippen LogP contribution in [-0.4, -0.2) is 142 Å². The van der Waals surface area contributed by atoms with Crippen LogP contribution in [0.15, 0.2) is 47.6 Å². The van der Waals surface area contributed by atoms with Gasteiger partial charge in [0.05, 0.1) is 39.5 Å². The molecule has 0 radical (unpaired) electrons. The van der Waals surface area contributed by atoms with Gasteiger partial charge in [-0.1, -0.05) is 6.58 Å². The molecule has 18 heteroatoms. The Hall–Kier alpha value is -4.59. The zero-order chi connectivity index (χ0) is 42.2. The minimum atomic E-state index is -1.50. The maximum atomic E-state index is 13.7. The Labute approximate surface area is 337 Å². The first-order valence-electron chi connectivity index (χ1n) is 19.0. The van der Waals surface area contributed by atoms with Crippen molar-refractivity contribution in [3.05, 3.63) is 58.8 Å². The van der Waals surface area contributed by atoms with E-state index >= 15 is 0 Å². The molecule has 6 rings (SSSR count). The molecule has 2 N–H and O–H groups in total. The molecule has 2 amide bonds. The van der Waals surface area contributed by atoms with Gasteiger partial charge in [-0.05, 0) is 69.5 Å². The van der Waals surface area contributed by atoms with E-state index in [-0.39, 0.29) is 50.4 Å². The monoisotopic (exact) mass is 818 g/mol. The Morgan fingerprint density at radius 1 is 0.948 bits per heavy atom. The molecule has 18 nitrogen and oxygen atoms in total. The predicted molar refractivity (Wildman–Crippen MR) is 200 cm³/mol. The molecule has 3 fully saturated rings. The van der Waals surface area contributed by atoms with Gasteiger partial charge >= 0.3 is 18.2 Å². The number of fused-ring (bicyclic) bond motifs is 4. The Kier molecular flexibility index (Phi) is 12.8. The number of hydrogen-bond donors (Lipinski definition) is 2. The molecular formula is C40H54N2O16. The van der Waals surface area contributed by atoms with Gasteiger partial charge in [0, 0.05) is 39.0 Å². The third-order valence-electron chi connectivity index (χ3n) is 10.6. The predicted octanol–water partition coefficient (Wildman–Crippen LogP) is 3.47. The number of aliphatic hydroxyl groups excluding tert-OH is 2. The van der Waals surface area contributed by atoms with Crippen LogP contribution in [0, 0.1) is 11.8 Å². The SMILES string of the molecule is C=C(/C=C(OC)\C(OC(=O)N(C)CCN(C)C(=O)OC(C)(C)C)=C(/C)OC)[C@@H]1c2cc3c(cc2[C@@H](O[C@@H]2O[C@@H]4CO[C@@H](C)O[C@H]4[C@H](O)[C@H]2O)[C@H]2COC(=O)[C@@H]21)OCO3. The van der Waals surface area contributed by atoms with Gasteiger partial charge in [-0.25, -0.2) is 9.59 Å². The highest BCUT2D eigenvalue weighted by Crippen LogP contribution is 2.56. The zero-order valence-electron chi connectivity index (χ0n) is 34.3. The van der Waals surface area contributed by atoms with Crippen LogP contribution in [0.4, 0.5) is 9.59 Å². The second-order valence-corrected chi connectivity index (χ2v) is 15.8. The van der Waals surface area contributed by atoms with E-state index in [4.69, 9.17) is 52.1 Å². The van der Waals surface area contributed by atoms with Gasteiger partial charge in [0.15, 0.2) is 29.8 Å². The molecule has 3 saturated heterocycles. The second kappa shape index (κ2) is 17.3. The minimum absolute atomic E-state index is 0.0301. The van der Waals surface area contributed by atoms with Gasteiger partial charge in [0.25, 0.3) is 0 Å². The Balaban J connectivity index is 1.28. The lowest BCUT2D eigenvalue weighted by atomic mass is 9.66. The van der Waals surface area contributed by atoms with Crippen molar-refractivity contribution < 1.29 is 76.7 Å². The van der Waals surface area contributed by atoms with Gasteiger partial charge in [0.1, 0.15) is 35.8 Å². The summed E-state index contributed by atoms with van der Waals surface area (Å²) < 4.78 is 63.6. The number of aliphatic hydroxyl groups is 2. The summed E-state index contributed by atoms with van der Waals surface area (Å²) in [5.41, 5.74) is 0.881. The molecule has 4 heterocycles. The number of likely N-dealkylation sites (N-methyl/N-ethyl adjacent to an activating group) is 2. The second-order valence-electron chi connectivity index (χ2n) is 15.8. The Morgan fingerprint density at radius 3 is 2.24 bits per heavy atom. The lowest BCUT2D eigenvalue weighted by Gasteiger charge is -2.47. The van der Waals surface area contributed by atoms with E-state index < -0.39 is 84.6 Å². The summed E-state index contributed by atoms with van der Waals surface area (Å²) in [4.78, 5) is 42.2. The zero-order valence-corrected chi connectivity index (χ0v) is 34.3. The van der Waals surface area contributed by atoms with Crippen molar-refractivity contribution in [2.24, 2.45) is 11.8 Å². The Morgan fingerprint density at radius 2 is 1.60 bits per heavy atom. The van der Waals surface area contributed by atoms with Crippen LogP contribution in [0.25, 0.3) is 0 Å². The molecule has 1 aromatic carbocycles. The maximum absolute atomic E-state index is 13.7.